The van der Waals surface area contributed by atoms with E-state index in [1.807, 2.05) is 0 Å². The molecule has 4 atom stereocenters. The molecule has 1 saturated heterocycles. The van der Waals surface area contributed by atoms with Gasteiger partial charge >= 0.3 is 0 Å². The van der Waals surface area contributed by atoms with Crippen molar-refractivity contribution < 1.29 is 13.2 Å². The molecule has 4 unspecified atom stereocenters. The first-order chi connectivity index (χ1) is 10.3. The zero-order valence-corrected chi connectivity index (χ0v) is 17.2. The summed E-state index contributed by atoms with van der Waals surface area (Å²) in [6.07, 6.45) is 3.33. The van der Waals surface area contributed by atoms with E-state index in [1.54, 1.807) is 0 Å². The number of hydrogen-bond acceptors (Lipinski definition) is 3. The van der Waals surface area contributed by atoms with E-state index in [4.69, 9.17) is 0 Å². The molecule has 0 aromatic rings. The van der Waals surface area contributed by atoms with Gasteiger partial charge in [0.25, 0.3) is 0 Å². The number of sulfonamides is 1. The molecule has 0 radical (unpaired) electrons. The minimum absolute atomic E-state index is 0.0319. The van der Waals surface area contributed by atoms with Crippen LogP contribution in [0.2, 0.25) is 25.2 Å². The summed E-state index contributed by atoms with van der Waals surface area (Å²) in [5.74, 6) is 0.596. The molecule has 3 fully saturated rings. The molecular weight excluding hydrogens is 326 g/mol. The summed E-state index contributed by atoms with van der Waals surface area (Å²) in [5, 5.41) is 0. The minimum Gasteiger partial charge on any atom is -0.274 e. The predicted octanol–water partition coefficient (Wildman–Crippen LogP) is 3.47. The van der Waals surface area contributed by atoms with Crippen LogP contribution in [0, 0.1) is 16.7 Å². The molecule has 6 heteroatoms. The van der Waals surface area contributed by atoms with E-state index in [-0.39, 0.29) is 28.5 Å². The Bertz CT molecular complexity index is 637. The third-order valence-electron chi connectivity index (χ3n) is 7.62. The monoisotopic (exact) mass is 357 g/mol. The van der Waals surface area contributed by atoms with Crippen molar-refractivity contribution in [2.24, 2.45) is 16.7 Å². The van der Waals surface area contributed by atoms with Crippen molar-refractivity contribution in [2.45, 2.75) is 77.7 Å². The third kappa shape index (κ3) is 2.27. The lowest BCUT2D eigenvalue weighted by Crippen LogP contribution is -2.45. The van der Waals surface area contributed by atoms with Crippen LogP contribution in [-0.4, -0.2) is 38.5 Å². The molecule has 132 valence electrons. The van der Waals surface area contributed by atoms with Crippen LogP contribution in [0.25, 0.3) is 0 Å². The number of amides is 1. The fraction of sp³-hybridized carbons (Fsp3) is 0.941. The van der Waals surface area contributed by atoms with Gasteiger partial charge in [0.05, 0.1) is 11.8 Å². The number of fused-ring (bicyclic) bond motifs is 1. The van der Waals surface area contributed by atoms with Crippen LogP contribution in [0.15, 0.2) is 0 Å². The van der Waals surface area contributed by atoms with E-state index >= 15 is 0 Å². The molecular formula is C17H31NO3SSi. The highest BCUT2D eigenvalue weighted by molar-refractivity contribution is 7.90. The maximum Gasteiger partial charge on any atom is 0.238 e. The molecule has 3 aliphatic rings. The molecule has 1 spiro atoms. The van der Waals surface area contributed by atoms with Gasteiger partial charge in [-0.15, -0.1) is 0 Å². The quantitative estimate of drug-likeness (QED) is 0.727. The Morgan fingerprint density at radius 2 is 1.91 bits per heavy atom. The van der Waals surface area contributed by atoms with Crippen molar-refractivity contribution in [3.63, 3.8) is 0 Å². The van der Waals surface area contributed by atoms with E-state index in [9.17, 15) is 13.2 Å². The Morgan fingerprint density at radius 1 is 1.30 bits per heavy atom. The van der Waals surface area contributed by atoms with Gasteiger partial charge in [0.1, 0.15) is 0 Å². The average Bonchev–Trinajstić information content (AvgIpc) is 2.83. The molecule has 4 nitrogen and oxygen atoms in total. The van der Waals surface area contributed by atoms with Gasteiger partial charge in [0.15, 0.2) is 0 Å². The molecule has 1 aliphatic heterocycles. The second-order valence-corrected chi connectivity index (χ2v) is 17.3. The SMILES string of the molecule is CC(CC(=O)N1C2CC3CCC2(CS1(=O)=O)C3(C)C)[Si](C)(C)C. The molecule has 2 bridgehead atoms. The van der Waals surface area contributed by atoms with Crippen LogP contribution in [0.4, 0.5) is 0 Å². The highest BCUT2D eigenvalue weighted by Gasteiger charge is 2.72. The Kier molecular flexibility index (Phi) is 3.67. The number of carbonyl (C=O) groups is 1. The summed E-state index contributed by atoms with van der Waals surface area (Å²) in [4.78, 5) is 12.9. The summed E-state index contributed by atoms with van der Waals surface area (Å²) in [5.41, 5.74) is 0.131. The van der Waals surface area contributed by atoms with Crippen LogP contribution < -0.4 is 0 Å². The number of hydrogen-bond donors (Lipinski definition) is 0. The van der Waals surface area contributed by atoms with Crippen molar-refractivity contribution in [1.82, 2.24) is 4.31 Å². The lowest BCUT2D eigenvalue weighted by atomic mass is 9.69. The van der Waals surface area contributed by atoms with E-state index in [2.05, 4.69) is 40.4 Å². The van der Waals surface area contributed by atoms with Gasteiger partial charge in [0, 0.05) is 19.9 Å². The zero-order chi connectivity index (χ0) is 17.4. The predicted molar refractivity (Wildman–Crippen MR) is 95.4 cm³/mol. The van der Waals surface area contributed by atoms with Gasteiger partial charge in [-0.3, -0.25) is 4.79 Å². The molecule has 23 heavy (non-hydrogen) atoms. The van der Waals surface area contributed by atoms with Gasteiger partial charge in [-0.05, 0) is 36.1 Å². The van der Waals surface area contributed by atoms with Crippen LogP contribution in [-0.2, 0) is 14.8 Å². The van der Waals surface area contributed by atoms with Gasteiger partial charge in [0.2, 0.25) is 15.9 Å². The zero-order valence-electron chi connectivity index (χ0n) is 15.3. The highest BCUT2D eigenvalue weighted by atomic mass is 32.2. The van der Waals surface area contributed by atoms with Gasteiger partial charge in [-0.1, -0.05) is 40.4 Å². The van der Waals surface area contributed by atoms with Crippen molar-refractivity contribution in [1.29, 1.82) is 0 Å². The Balaban J connectivity index is 1.91. The van der Waals surface area contributed by atoms with E-state index in [0.717, 1.165) is 19.3 Å². The summed E-state index contributed by atoms with van der Waals surface area (Å²) in [7, 11) is -4.90. The van der Waals surface area contributed by atoms with Crippen molar-refractivity contribution in [2.75, 3.05) is 5.75 Å². The second-order valence-electron chi connectivity index (χ2n) is 9.78. The fourth-order valence-electron chi connectivity index (χ4n) is 5.28. The van der Waals surface area contributed by atoms with Crippen LogP contribution >= 0.6 is 0 Å². The molecule has 0 aromatic carbocycles. The van der Waals surface area contributed by atoms with Crippen LogP contribution in [0.3, 0.4) is 0 Å². The van der Waals surface area contributed by atoms with E-state index < -0.39 is 18.1 Å². The number of nitrogens with zero attached hydrogens (tertiary/aromatic N) is 1. The minimum atomic E-state index is -3.45. The summed E-state index contributed by atoms with van der Waals surface area (Å²) in [6.45, 7) is 13.3. The lowest BCUT2D eigenvalue weighted by Gasteiger charge is -2.37. The third-order valence-corrected chi connectivity index (χ3v) is 12.7. The van der Waals surface area contributed by atoms with E-state index in [0.29, 0.717) is 17.9 Å². The average molecular weight is 358 g/mol. The molecule has 1 amide bonds. The molecule has 1 heterocycles. The molecule has 0 N–H and O–H groups in total. The van der Waals surface area contributed by atoms with Gasteiger partial charge in [-0.25, -0.2) is 12.7 Å². The number of carbonyl (C=O) groups excluding carboxylic acids is 1. The maximum absolute atomic E-state index is 12.9. The van der Waals surface area contributed by atoms with Crippen LogP contribution in [0.5, 0.6) is 0 Å². The highest BCUT2D eigenvalue weighted by Crippen LogP contribution is 2.70. The lowest BCUT2D eigenvalue weighted by molar-refractivity contribution is -0.129. The first kappa shape index (κ1) is 17.5. The fourth-order valence-corrected chi connectivity index (χ4v) is 8.62. The molecule has 2 aliphatic carbocycles. The smallest absolute Gasteiger partial charge is 0.238 e. The molecule has 3 rings (SSSR count). The Hall–Kier alpha value is -0.363. The Morgan fingerprint density at radius 3 is 2.43 bits per heavy atom. The molecule has 2 saturated carbocycles. The van der Waals surface area contributed by atoms with Gasteiger partial charge < -0.3 is 0 Å². The largest absolute Gasteiger partial charge is 0.274 e. The van der Waals surface area contributed by atoms with Crippen molar-refractivity contribution in [3.05, 3.63) is 0 Å². The van der Waals surface area contributed by atoms with Gasteiger partial charge in [-0.2, -0.15) is 0 Å². The Labute approximate surface area is 142 Å². The summed E-state index contributed by atoms with van der Waals surface area (Å²) < 4.78 is 27.0. The second kappa shape index (κ2) is 4.84. The normalized spacial score (nSPS) is 38.6. The van der Waals surface area contributed by atoms with Crippen molar-refractivity contribution in [3.8, 4) is 0 Å². The summed E-state index contributed by atoms with van der Waals surface area (Å²) in [6, 6.07) is -0.0809. The first-order valence-electron chi connectivity index (χ1n) is 8.88. The van der Waals surface area contributed by atoms with E-state index in [1.165, 1.54) is 4.31 Å². The molecule has 0 aromatic heterocycles. The maximum atomic E-state index is 12.9. The van der Waals surface area contributed by atoms with Crippen molar-refractivity contribution >= 4 is 24.0 Å². The standard InChI is InChI=1S/C17H31NO3SSi/c1-12(23(4,5)6)9-15(19)18-14-10-13-7-8-17(14,16(13,2)3)11-22(18,20)21/h12-14H,7-11H2,1-6H3. The first-order valence-corrected chi connectivity index (χ1v) is 14.1. The number of rotatable bonds is 3. The van der Waals surface area contributed by atoms with Crippen LogP contribution in [0.1, 0.15) is 46.5 Å². The topological polar surface area (TPSA) is 54.5 Å². The summed E-state index contributed by atoms with van der Waals surface area (Å²) >= 11 is 0.